The minimum Gasteiger partial charge on any atom is -0.354 e. The molecular weight excluding hydrogens is 268 g/mol. The summed E-state index contributed by atoms with van der Waals surface area (Å²) in [6.07, 6.45) is 4.82. The Bertz CT molecular complexity index is 536. The molecule has 2 bridgehead atoms. The van der Waals surface area contributed by atoms with Crippen LogP contribution < -0.4 is 10.2 Å². The Kier molecular flexibility index (Phi) is 3.80. The van der Waals surface area contributed by atoms with Crippen molar-refractivity contribution < 1.29 is 4.92 Å². The van der Waals surface area contributed by atoms with Crippen LogP contribution in [0.4, 0.5) is 11.5 Å². The SMILES string of the molecule is CCN(c1ccc([N+](=O)[O-])c(C)n1)C1CC2CCC(C1)N2. The van der Waals surface area contributed by atoms with E-state index in [1.54, 1.807) is 19.1 Å². The molecule has 0 amide bonds. The van der Waals surface area contributed by atoms with E-state index in [1.807, 2.05) is 0 Å². The fourth-order valence-corrected chi connectivity index (χ4v) is 3.78. The van der Waals surface area contributed by atoms with Gasteiger partial charge in [0.15, 0.2) is 0 Å². The van der Waals surface area contributed by atoms with Crippen molar-refractivity contribution >= 4 is 11.5 Å². The molecule has 21 heavy (non-hydrogen) atoms. The number of fused-ring (bicyclic) bond motifs is 2. The highest BCUT2D eigenvalue weighted by molar-refractivity contribution is 5.47. The van der Waals surface area contributed by atoms with E-state index in [4.69, 9.17) is 0 Å². The van der Waals surface area contributed by atoms with Crippen LogP contribution in [0.1, 0.15) is 38.3 Å². The molecule has 1 aromatic rings. The molecular formula is C15H22N4O2. The van der Waals surface area contributed by atoms with E-state index >= 15 is 0 Å². The van der Waals surface area contributed by atoms with Gasteiger partial charge >= 0.3 is 0 Å². The Morgan fingerprint density at radius 2 is 2.05 bits per heavy atom. The van der Waals surface area contributed by atoms with E-state index in [2.05, 4.69) is 22.1 Å². The average Bonchev–Trinajstić information content (AvgIpc) is 2.78. The minimum absolute atomic E-state index is 0.0974. The molecule has 0 aromatic carbocycles. The number of piperidine rings is 1. The van der Waals surface area contributed by atoms with Gasteiger partial charge < -0.3 is 10.2 Å². The fraction of sp³-hybridized carbons (Fsp3) is 0.667. The van der Waals surface area contributed by atoms with Gasteiger partial charge in [0.05, 0.1) is 4.92 Å². The van der Waals surface area contributed by atoms with Crippen LogP contribution >= 0.6 is 0 Å². The zero-order valence-electron chi connectivity index (χ0n) is 12.6. The molecule has 1 N–H and O–H groups in total. The maximum absolute atomic E-state index is 10.9. The Labute approximate surface area is 124 Å². The number of rotatable bonds is 4. The predicted octanol–water partition coefficient (Wildman–Crippen LogP) is 2.41. The monoisotopic (exact) mass is 290 g/mol. The third kappa shape index (κ3) is 2.72. The van der Waals surface area contributed by atoms with Gasteiger partial charge in [-0.15, -0.1) is 0 Å². The number of nitrogens with zero attached hydrogens (tertiary/aromatic N) is 3. The van der Waals surface area contributed by atoms with E-state index in [9.17, 15) is 10.1 Å². The number of nitro groups is 1. The highest BCUT2D eigenvalue weighted by atomic mass is 16.6. The number of hydrogen-bond donors (Lipinski definition) is 1. The number of anilines is 1. The summed E-state index contributed by atoms with van der Waals surface area (Å²) in [4.78, 5) is 17.3. The van der Waals surface area contributed by atoms with Crippen LogP contribution in [-0.4, -0.2) is 34.6 Å². The highest BCUT2D eigenvalue weighted by Crippen LogP contribution is 2.32. The first kappa shape index (κ1) is 14.3. The summed E-state index contributed by atoms with van der Waals surface area (Å²) in [5.41, 5.74) is 0.591. The van der Waals surface area contributed by atoms with Gasteiger partial charge in [-0.2, -0.15) is 0 Å². The Hall–Kier alpha value is -1.69. The maximum Gasteiger partial charge on any atom is 0.290 e. The molecule has 2 aliphatic heterocycles. The molecule has 0 aliphatic carbocycles. The zero-order chi connectivity index (χ0) is 15.0. The van der Waals surface area contributed by atoms with Gasteiger partial charge in [-0.05, 0) is 45.6 Å². The summed E-state index contributed by atoms with van der Waals surface area (Å²) in [6, 6.07) is 5.11. The molecule has 0 saturated carbocycles. The number of aryl methyl sites for hydroxylation is 1. The van der Waals surface area contributed by atoms with Crippen LogP contribution in [0.15, 0.2) is 12.1 Å². The molecule has 1 aromatic heterocycles. The first-order valence-corrected chi connectivity index (χ1v) is 7.73. The van der Waals surface area contributed by atoms with Gasteiger partial charge in [-0.1, -0.05) is 0 Å². The Morgan fingerprint density at radius 1 is 1.38 bits per heavy atom. The smallest absolute Gasteiger partial charge is 0.290 e. The second-order valence-electron chi connectivity index (χ2n) is 6.08. The van der Waals surface area contributed by atoms with Gasteiger partial charge in [0.1, 0.15) is 11.5 Å². The molecule has 2 aliphatic rings. The standard InChI is InChI=1S/C15H22N4O2/c1-3-18(13-8-11-4-5-12(9-13)17-11)15-7-6-14(19(20)21)10(2)16-15/h6-7,11-13,17H,3-5,8-9H2,1-2H3. The van der Waals surface area contributed by atoms with Crippen LogP contribution in [0.2, 0.25) is 0 Å². The normalized spacial score (nSPS) is 27.6. The molecule has 2 saturated heterocycles. The molecule has 2 fully saturated rings. The van der Waals surface area contributed by atoms with Crippen molar-refractivity contribution in [2.45, 2.75) is 57.7 Å². The topological polar surface area (TPSA) is 71.3 Å². The average molecular weight is 290 g/mol. The lowest BCUT2D eigenvalue weighted by Gasteiger charge is -2.38. The van der Waals surface area contributed by atoms with Gasteiger partial charge in [0, 0.05) is 30.7 Å². The summed E-state index contributed by atoms with van der Waals surface area (Å²) >= 11 is 0. The van der Waals surface area contributed by atoms with Crippen LogP contribution in [0.3, 0.4) is 0 Å². The second-order valence-corrected chi connectivity index (χ2v) is 6.08. The minimum atomic E-state index is -0.368. The summed E-state index contributed by atoms with van der Waals surface area (Å²) < 4.78 is 0. The first-order valence-electron chi connectivity index (χ1n) is 7.73. The molecule has 0 spiro atoms. The second kappa shape index (κ2) is 5.60. The van der Waals surface area contributed by atoms with Crippen molar-refractivity contribution in [1.82, 2.24) is 10.3 Å². The van der Waals surface area contributed by atoms with E-state index in [0.29, 0.717) is 23.8 Å². The molecule has 0 radical (unpaired) electrons. The van der Waals surface area contributed by atoms with Crippen molar-refractivity contribution in [2.75, 3.05) is 11.4 Å². The number of hydrogen-bond acceptors (Lipinski definition) is 5. The number of pyridine rings is 1. The predicted molar refractivity (Wildman–Crippen MR) is 81.6 cm³/mol. The van der Waals surface area contributed by atoms with Gasteiger partial charge in [-0.3, -0.25) is 10.1 Å². The quantitative estimate of drug-likeness (QED) is 0.681. The molecule has 2 atom stereocenters. The third-order valence-corrected chi connectivity index (χ3v) is 4.76. The highest BCUT2D eigenvalue weighted by Gasteiger charge is 2.36. The van der Waals surface area contributed by atoms with Crippen molar-refractivity contribution in [1.29, 1.82) is 0 Å². The molecule has 2 unspecified atom stereocenters. The number of nitrogens with one attached hydrogen (secondary N) is 1. The van der Waals surface area contributed by atoms with Crippen LogP contribution in [0.5, 0.6) is 0 Å². The van der Waals surface area contributed by atoms with Gasteiger partial charge in [-0.25, -0.2) is 4.98 Å². The van der Waals surface area contributed by atoms with Crippen molar-refractivity contribution in [3.63, 3.8) is 0 Å². The van der Waals surface area contributed by atoms with Crippen molar-refractivity contribution in [3.05, 3.63) is 27.9 Å². The number of aromatic nitrogens is 1. The fourth-order valence-electron chi connectivity index (χ4n) is 3.78. The van der Waals surface area contributed by atoms with E-state index in [0.717, 1.165) is 25.2 Å². The largest absolute Gasteiger partial charge is 0.354 e. The summed E-state index contributed by atoms with van der Waals surface area (Å²) in [5.74, 6) is 0.868. The maximum atomic E-state index is 10.9. The third-order valence-electron chi connectivity index (χ3n) is 4.76. The molecule has 3 rings (SSSR count). The Balaban J connectivity index is 1.83. The summed E-state index contributed by atoms with van der Waals surface area (Å²) in [6.45, 7) is 4.72. The van der Waals surface area contributed by atoms with E-state index < -0.39 is 0 Å². The molecule has 114 valence electrons. The molecule has 6 heteroatoms. The van der Waals surface area contributed by atoms with Gasteiger partial charge in [0.25, 0.3) is 5.69 Å². The van der Waals surface area contributed by atoms with Crippen LogP contribution in [-0.2, 0) is 0 Å². The van der Waals surface area contributed by atoms with Crippen molar-refractivity contribution in [2.24, 2.45) is 0 Å². The molecule has 6 nitrogen and oxygen atoms in total. The lowest BCUT2D eigenvalue weighted by molar-refractivity contribution is -0.385. The van der Waals surface area contributed by atoms with Crippen LogP contribution in [0.25, 0.3) is 0 Å². The Morgan fingerprint density at radius 3 is 2.57 bits per heavy atom. The van der Waals surface area contributed by atoms with E-state index in [1.165, 1.54) is 12.8 Å². The summed E-state index contributed by atoms with van der Waals surface area (Å²) in [7, 11) is 0. The van der Waals surface area contributed by atoms with Crippen LogP contribution in [0, 0.1) is 17.0 Å². The van der Waals surface area contributed by atoms with Crippen molar-refractivity contribution in [3.8, 4) is 0 Å². The van der Waals surface area contributed by atoms with Gasteiger partial charge in [0.2, 0.25) is 0 Å². The van der Waals surface area contributed by atoms with E-state index in [-0.39, 0.29) is 10.6 Å². The lowest BCUT2D eigenvalue weighted by atomic mass is 9.98. The first-order chi connectivity index (χ1) is 10.1. The lowest BCUT2D eigenvalue weighted by Crippen LogP contribution is -2.48. The summed E-state index contributed by atoms with van der Waals surface area (Å²) in [5, 5.41) is 14.6. The molecule has 3 heterocycles. The zero-order valence-corrected chi connectivity index (χ0v) is 12.6.